The molecule has 1 heterocycles. The first kappa shape index (κ1) is 18.2. The van der Waals surface area contributed by atoms with Crippen LogP contribution in [0.25, 0.3) is 11.1 Å². The number of carbonyl (C=O) groups is 1. The molecule has 0 unspecified atom stereocenters. The minimum absolute atomic E-state index is 0.172. The minimum atomic E-state index is 0.172. The van der Waals surface area contributed by atoms with E-state index < -0.39 is 0 Å². The Morgan fingerprint density at radius 1 is 0.852 bits per heavy atom. The molecule has 27 heavy (non-hydrogen) atoms. The second-order valence-corrected chi connectivity index (χ2v) is 8.20. The van der Waals surface area contributed by atoms with Crippen molar-refractivity contribution in [2.24, 2.45) is 5.92 Å². The van der Waals surface area contributed by atoms with Crippen LogP contribution in [0.4, 0.5) is 0 Å². The maximum atomic E-state index is 12.9. The number of rotatable bonds is 3. The third-order valence-electron chi connectivity index (χ3n) is 6.27. The van der Waals surface area contributed by atoms with Gasteiger partial charge < -0.3 is 4.90 Å². The molecule has 0 N–H and O–H groups in total. The molecule has 0 radical (unpaired) electrons. The van der Waals surface area contributed by atoms with Crippen molar-refractivity contribution < 1.29 is 4.79 Å². The predicted molar refractivity (Wildman–Crippen MR) is 111 cm³/mol. The zero-order valence-electron chi connectivity index (χ0n) is 16.3. The first-order valence-electron chi connectivity index (χ1n) is 10.4. The molecular formula is C24H30N2O. The second kappa shape index (κ2) is 8.26. The lowest BCUT2D eigenvalue weighted by Crippen LogP contribution is -2.52. The molecule has 3 nitrogen and oxygen atoms in total. The summed E-state index contributed by atoms with van der Waals surface area (Å²) >= 11 is 0. The van der Waals surface area contributed by atoms with Crippen molar-refractivity contribution in [2.75, 3.05) is 26.2 Å². The van der Waals surface area contributed by atoms with Crippen molar-refractivity contribution in [3.05, 3.63) is 60.2 Å². The van der Waals surface area contributed by atoms with Gasteiger partial charge in [0, 0.05) is 37.8 Å². The molecule has 1 aliphatic carbocycles. The highest BCUT2D eigenvalue weighted by molar-refractivity contribution is 5.94. The Balaban J connectivity index is 1.35. The summed E-state index contributed by atoms with van der Waals surface area (Å²) in [5.74, 6) is 1.03. The molecule has 2 atom stereocenters. The Hall–Kier alpha value is -2.13. The van der Waals surface area contributed by atoms with Crippen LogP contribution in [-0.2, 0) is 0 Å². The van der Waals surface area contributed by atoms with Gasteiger partial charge in [-0.05, 0) is 42.0 Å². The van der Waals surface area contributed by atoms with Crippen LogP contribution in [0.3, 0.4) is 0 Å². The summed E-state index contributed by atoms with van der Waals surface area (Å²) in [6.07, 6.45) is 5.40. The highest BCUT2D eigenvalue weighted by atomic mass is 16.2. The molecule has 1 amide bonds. The quantitative estimate of drug-likeness (QED) is 0.791. The topological polar surface area (TPSA) is 23.6 Å². The fourth-order valence-electron chi connectivity index (χ4n) is 4.64. The SMILES string of the molecule is C[C@@H]1CCC[C@H](N2CCN(C(=O)c3ccc(-c4ccccc4)cc3)CC2)C1. The van der Waals surface area contributed by atoms with E-state index in [1.54, 1.807) is 0 Å². The third-order valence-corrected chi connectivity index (χ3v) is 6.27. The van der Waals surface area contributed by atoms with E-state index in [0.29, 0.717) is 0 Å². The Kier molecular flexibility index (Phi) is 5.58. The summed E-state index contributed by atoms with van der Waals surface area (Å²) in [7, 11) is 0. The Morgan fingerprint density at radius 2 is 1.52 bits per heavy atom. The molecule has 1 aliphatic heterocycles. The van der Waals surface area contributed by atoms with Crippen molar-refractivity contribution in [1.82, 2.24) is 9.80 Å². The van der Waals surface area contributed by atoms with Crippen LogP contribution in [0.5, 0.6) is 0 Å². The van der Waals surface area contributed by atoms with Crippen LogP contribution in [0.1, 0.15) is 43.0 Å². The summed E-state index contributed by atoms with van der Waals surface area (Å²) in [5, 5.41) is 0. The molecular weight excluding hydrogens is 332 g/mol. The summed E-state index contributed by atoms with van der Waals surface area (Å²) < 4.78 is 0. The van der Waals surface area contributed by atoms with E-state index >= 15 is 0 Å². The fourth-order valence-corrected chi connectivity index (χ4v) is 4.64. The molecule has 2 aromatic rings. The van der Waals surface area contributed by atoms with Crippen LogP contribution in [0, 0.1) is 5.92 Å². The van der Waals surface area contributed by atoms with Gasteiger partial charge in [-0.2, -0.15) is 0 Å². The third kappa shape index (κ3) is 4.24. The Bertz CT molecular complexity index is 748. The van der Waals surface area contributed by atoms with Crippen molar-refractivity contribution >= 4 is 5.91 Å². The van der Waals surface area contributed by atoms with E-state index in [0.717, 1.165) is 49.3 Å². The highest BCUT2D eigenvalue weighted by Gasteiger charge is 2.29. The van der Waals surface area contributed by atoms with E-state index in [1.165, 1.54) is 31.2 Å². The molecule has 0 aromatic heterocycles. The molecule has 0 bridgehead atoms. The summed E-state index contributed by atoms with van der Waals surface area (Å²) in [6.45, 7) is 6.12. The average molecular weight is 363 g/mol. The van der Waals surface area contributed by atoms with Crippen molar-refractivity contribution in [2.45, 2.75) is 38.6 Å². The largest absolute Gasteiger partial charge is 0.336 e. The van der Waals surface area contributed by atoms with Crippen molar-refractivity contribution in [1.29, 1.82) is 0 Å². The standard InChI is InChI=1S/C24H30N2O/c1-19-6-5-9-23(18-19)25-14-16-26(17-15-25)24(27)22-12-10-21(11-13-22)20-7-3-2-4-8-20/h2-4,7-8,10-13,19,23H,5-6,9,14-18H2,1H3/t19-,23+/m1/s1. The average Bonchev–Trinajstić information content (AvgIpc) is 2.74. The van der Waals surface area contributed by atoms with E-state index in [-0.39, 0.29) is 5.91 Å². The van der Waals surface area contributed by atoms with Gasteiger partial charge in [0.2, 0.25) is 0 Å². The zero-order chi connectivity index (χ0) is 18.6. The van der Waals surface area contributed by atoms with Gasteiger partial charge in [0.25, 0.3) is 5.91 Å². The normalized spacial score (nSPS) is 24.0. The lowest BCUT2D eigenvalue weighted by molar-refractivity contribution is 0.0489. The van der Waals surface area contributed by atoms with Gasteiger partial charge in [-0.25, -0.2) is 0 Å². The lowest BCUT2D eigenvalue weighted by Gasteiger charge is -2.42. The molecule has 3 heteroatoms. The molecule has 4 rings (SSSR count). The Labute approximate surface area is 163 Å². The number of amides is 1. The van der Waals surface area contributed by atoms with Gasteiger partial charge in [-0.15, -0.1) is 0 Å². The van der Waals surface area contributed by atoms with Gasteiger partial charge in [0.05, 0.1) is 0 Å². The lowest BCUT2D eigenvalue weighted by atomic mass is 9.86. The summed E-state index contributed by atoms with van der Waals surface area (Å²) in [4.78, 5) is 17.5. The van der Waals surface area contributed by atoms with Crippen LogP contribution in [0.2, 0.25) is 0 Å². The number of nitrogens with zero attached hydrogens (tertiary/aromatic N) is 2. The number of hydrogen-bond acceptors (Lipinski definition) is 2. The molecule has 2 aliphatic rings. The first-order valence-corrected chi connectivity index (χ1v) is 10.4. The van der Waals surface area contributed by atoms with Gasteiger partial charge in [0.15, 0.2) is 0 Å². The molecule has 1 saturated heterocycles. The predicted octanol–water partition coefficient (Wildman–Crippen LogP) is 4.69. The number of carbonyl (C=O) groups excluding carboxylic acids is 1. The fraction of sp³-hybridized carbons (Fsp3) is 0.458. The summed E-state index contributed by atoms with van der Waals surface area (Å²) in [5.41, 5.74) is 3.14. The van der Waals surface area contributed by atoms with Crippen LogP contribution in [0.15, 0.2) is 54.6 Å². The maximum Gasteiger partial charge on any atom is 0.253 e. The van der Waals surface area contributed by atoms with Gasteiger partial charge in [0.1, 0.15) is 0 Å². The smallest absolute Gasteiger partial charge is 0.253 e. The molecule has 142 valence electrons. The van der Waals surface area contributed by atoms with E-state index in [1.807, 2.05) is 35.2 Å². The van der Waals surface area contributed by atoms with Gasteiger partial charge >= 0.3 is 0 Å². The highest BCUT2D eigenvalue weighted by Crippen LogP contribution is 2.28. The van der Waals surface area contributed by atoms with Crippen LogP contribution in [-0.4, -0.2) is 47.9 Å². The van der Waals surface area contributed by atoms with Gasteiger partial charge in [-0.3, -0.25) is 9.69 Å². The zero-order valence-corrected chi connectivity index (χ0v) is 16.3. The Morgan fingerprint density at radius 3 is 2.19 bits per heavy atom. The van der Waals surface area contributed by atoms with Crippen molar-refractivity contribution in [3.8, 4) is 11.1 Å². The monoisotopic (exact) mass is 362 g/mol. The van der Waals surface area contributed by atoms with E-state index in [9.17, 15) is 4.79 Å². The number of piperazine rings is 1. The van der Waals surface area contributed by atoms with E-state index in [4.69, 9.17) is 0 Å². The van der Waals surface area contributed by atoms with E-state index in [2.05, 4.69) is 36.1 Å². The number of benzene rings is 2. The molecule has 2 aromatic carbocycles. The van der Waals surface area contributed by atoms with Crippen molar-refractivity contribution in [3.63, 3.8) is 0 Å². The summed E-state index contributed by atoms with van der Waals surface area (Å²) in [6, 6.07) is 19.1. The van der Waals surface area contributed by atoms with Gasteiger partial charge in [-0.1, -0.05) is 62.2 Å². The maximum absolute atomic E-state index is 12.9. The van der Waals surface area contributed by atoms with Crippen LogP contribution >= 0.6 is 0 Å². The second-order valence-electron chi connectivity index (χ2n) is 8.20. The minimum Gasteiger partial charge on any atom is -0.336 e. The first-order chi connectivity index (χ1) is 13.2. The molecule has 0 spiro atoms. The molecule has 1 saturated carbocycles. The molecule has 2 fully saturated rings. The van der Waals surface area contributed by atoms with Crippen LogP contribution < -0.4 is 0 Å². The number of hydrogen-bond donors (Lipinski definition) is 0.